The Bertz CT molecular complexity index is 433. The fraction of sp³-hybridized carbons (Fsp3) is 0.692. The molecular weight excluding hydrogens is 216 g/mol. The van der Waals surface area contributed by atoms with Crippen LogP contribution in [0.1, 0.15) is 61.9 Å². The van der Waals surface area contributed by atoms with Gasteiger partial charge in [-0.15, -0.1) is 0 Å². The number of aromatic nitrogens is 2. The Morgan fingerprint density at radius 2 is 2.06 bits per heavy atom. The molecular formula is C13H18N2O2. The van der Waals surface area contributed by atoms with E-state index in [0.29, 0.717) is 5.92 Å². The largest absolute Gasteiger partial charge is 0.481 e. The summed E-state index contributed by atoms with van der Waals surface area (Å²) in [7, 11) is 0. The minimum absolute atomic E-state index is 0.390. The standard InChI is InChI=1S/C13H18N2O2/c16-13(17)10-6-3-7-15-8-11(14-12(10)15)9-4-1-2-5-9/h8-10H,1-7H2,(H,16,17). The van der Waals surface area contributed by atoms with Gasteiger partial charge < -0.3 is 9.67 Å². The van der Waals surface area contributed by atoms with E-state index < -0.39 is 5.97 Å². The molecule has 1 aromatic rings. The van der Waals surface area contributed by atoms with Crippen LogP contribution in [0.5, 0.6) is 0 Å². The molecule has 1 N–H and O–H groups in total. The normalized spacial score (nSPS) is 24.8. The molecule has 1 aliphatic heterocycles. The van der Waals surface area contributed by atoms with Crippen molar-refractivity contribution in [3.8, 4) is 0 Å². The molecule has 1 saturated carbocycles. The Morgan fingerprint density at radius 3 is 2.76 bits per heavy atom. The minimum atomic E-state index is -0.727. The topological polar surface area (TPSA) is 55.1 Å². The van der Waals surface area contributed by atoms with Crippen molar-refractivity contribution in [1.29, 1.82) is 0 Å². The third-order valence-electron chi connectivity index (χ3n) is 4.10. The van der Waals surface area contributed by atoms with Gasteiger partial charge in [-0.1, -0.05) is 12.8 Å². The van der Waals surface area contributed by atoms with Crippen LogP contribution in [0.2, 0.25) is 0 Å². The van der Waals surface area contributed by atoms with E-state index in [9.17, 15) is 9.90 Å². The third kappa shape index (κ3) is 1.85. The molecule has 1 aliphatic carbocycles. The van der Waals surface area contributed by atoms with E-state index in [1.807, 2.05) is 0 Å². The van der Waals surface area contributed by atoms with Crippen LogP contribution in [0.15, 0.2) is 6.20 Å². The zero-order valence-corrected chi connectivity index (χ0v) is 9.93. The highest BCUT2D eigenvalue weighted by molar-refractivity contribution is 5.75. The molecule has 0 spiro atoms. The number of hydrogen-bond donors (Lipinski definition) is 1. The number of fused-ring (bicyclic) bond motifs is 1. The number of carboxylic acids is 1. The maximum atomic E-state index is 11.2. The van der Waals surface area contributed by atoms with Crippen molar-refractivity contribution in [2.24, 2.45) is 0 Å². The van der Waals surface area contributed by atoms with E-state index in [0.717, 1.165) is 30.9 Å². The molecule has 0 aromatic carbocycles. The quantitative estimate of drug-likeness (QED) is 0.855. The first-order valence-electron chi connectivity index (χ1n) is 6.55. The summed E-state index contributed by atoms with van der Waals surface area (Å²) in [5, 5.41) is 9.21. The first-order valence-corrected chi connectivity index (χ1v) is 6.55. The molecule has 4 heteroatoms. The van der Waals surface area contributed by atoms with Crippen LogP contribution < -0.4 is 0 Å². The predicted octanol–water partition coefficient (Wildman–Crippen LogP) is 2.50. The van der Waals surface area contributed by atoms with Gasteiger partial charge in [0.1, 0.15) is 11.7 Å². The monoisotopic (exact) mass is 234 g/mol. The van der Waals surface area contributed by atoms with Crippen molar-refractivity contribution in [3.63, 3.8) is 0 Å². The van der Waals surface area contributed by atoms with Crippen molar-refractivity contribution < 1.29 is 9.90 Å². The lowest BCUT2D eigenvalue weighted by molar-refractivity contribution is -0.139. The van der Waals surface area contributed by atoms with E-state index in [1.165, 1.54) is 25.7 Å². The zero-order valence-electron chi connectivity index (χ0n) is 9.93. The van der Waals surface area contributed by atoms with Gasteiger partial charge in [0.2, 0.25) is 0 Å². The van der Waals surface area contributed by atoms with Gasteiger partial charge in [0.15, 0.2) is 0 Å². The van der Waals surface area contributed by atoms with Crippen LogP contribution in [0, 0.1) is 0 Å². The summed E-state index contributed by atoms with van der Waals surface area (Å²) < 4.78 is 2.07. The highest BCUT2D eigenvalue weighted by Gasteiger charge is 2.30. The molecule has 1 aromatic heterocycles. The maximum Gasteiger partial charge on any atom is 0.314 e. The molecule has 0 saturated heterocycles. The van der Waals surface area contributed by atoms with E-state index in [4.69, 9.17) is 0 Å². The first-order chi connectivity index (χ1) is 8.25. The van der Waals surface area contributed by atoms with Crippen LogP contribution in [-0.2, 0) is 11.3 Å². The molecule has 1 atom stereocenters. The van der Waals surface area contributed by atoms with Crippen LogP contribution in [0.4, 0.5) is 0 Å². The SMILES string of the molecule is O=C(O)C1CCCn2cc(C3CCCC3)nc21. The van der Waals surface area contributed by atoms with E-state index in [1.54, 1.807) is 0 Å². The molecule has 0 bridgehead atoms. The van der Waals surface area contributed by atoms with Crippen molar-refractivity contribution in [3.05, 3.63) is 17.7 Å². The number of nitrogens with zero attached hydrogens (tertiary/aromatic N) is 2. The first kappa shape index (κ1) is 10.8. The van der Waals surface area contributed by atoms with Gasteiger partial charge in [0, 0.05) is 18.7 Å². The summed E-state index contributed by atoms with van der Waals surface area (Å²) in [6.07, 6.45) is 8.79. The number of carboxylic acid groups (broad SMARTS) is 1. The van der Waals surface area contributed by atoms with Gasteiger partial charge in [-0.3, -0.25) is 4.79 Å². The van der Waals surface area contributed by atoms with Gasteiger partial charge in [-0.05, 0) is 25.7 Å². The lowest BCUT2D eigenvalue weighted by Crippen LogP contribution is -2.22. The van der Waals surface area contributed by atoms with Gasteiger partial charge >= 0.3 is 5.97 Å². The molecule has 3 rings (SSSR count). The third-order valence-corrected chi connectivity index (χ3v) is 4.10. The van der Waals surface area contributed by atoms with Crippen LogP contribution in [-0.4, -0.2) is 20.6 Å². The summed E-state index contributed by atoms with van der Waals surface area (Å²) in [5.41, 5.74) is 1.13. The average Bonchev–Trinajstić information content (AvgIpc) is 2.96. The lowest BCUT2D eigenvalue weighted by atomic mass is 9.99. The van der Waals surface area contributed by atoms with Crippen LogP contribution >= 0.6 is 0 Å². The molecule has 92 valence electrons. The van der Waals surface area contributed by atoms with Crippen molar-refractivity contribution >= 4 is 5.97 Å². The Balaban J connectivity index is 1.92. The predicted molar refractivity (Wildman–Crippen MR) is 63.0 cm³/mol. The average molecular weight is 234 g/mol. The number of imidazole rings is 1. The summed E-state index contributed by atoms with van der Waals surface area (Å²) in [5.74, 6) is 0.238. The molecule has 1 fully saturated rings. The molecule has 0 radical (unpaired) electrons. The minimum Gasteiger partial charge on any atom is -0.481 e. The lowest BCUT2D eigenvalue weighted by Gasteiger charge is -2.19. The second-order valence-electron chi connectivity index (χ2n) is 5.23. The number of aliphatic carboxylic acids is 1. The maximum absolute atomic E-state index is 11.2. The molecule has 2 aliphatic rings. The fourth-order valence-electron chi connectivity index (χ4n) is 3.16. The number of rotatable bonds is 2. The summed E-state index contributed by atoms with van der Waals surface area (Å²) in [6, 6.07) is 0. The summed E-state index contributed by atoms with van der Waals surface area (Å²) in [6.45, 7) is 0.929. The van der Waals surface area contributed by atoms with Gasteiger partial charge in [-0.25, -0.2) is 4.98 Å². The Labute approximate surface area is 101 Å². The highest BCUT2D eigenvalue weighted by Crippen LogP contribution is 2.36. The number of carbonyl (C=O) groups is 1. The van der Waals surface area contributed by atoms with Crippen molar-refractivity contribution in [1.82, 2.24) is 9.55 Å². The van der Waals surface area contributed by atoms with Crippen LogP contribution in [0.3, 0.4) is 0 Å². The smallest absolute Gasteiger partial charge is 0.314 e. The van der Waals surface area contributed by atoms with E-state index in [2.05, 4.69) is 15.7 Å². The summed E-state index contributed by atoms with van der Waals surface area (Å²) in [4.78, 5) is 15.8. The second kappa shape index (κ2) is 4.17. The second-order valence-corrected chi connectivity index (χ2v) is 5.23. The van der Waals surface area contributed by atoms with Gasteiger partial charge in [0.05, 0.1) is 5.69 Å². The summed E-state index contributed by atoms with van der Waals surface area (Å²) >= 11 is 0. The Morgan fingerprint density at radius 1 is 1.29 bits per heavy atom. The van der Waals surface area contributed by atoms with Gasteiger partial charge in [-0.2, -0.15) is 0 Å². The molecule has 4 nitrogen and oxygen atoms in total. The van der Waals surface area contributed by atoms with Crippen molar-refractivity contribution in [2.45, 2.75) is 56.9 Å². The molecule has 0 amide bonds. The highest BCUT2D eigenvalue weighted by atomic mass is 16.4. The molecule has 17 heavy (non-hydrogen) atoms. The number of hydrogen-bond acceptors (Lipinski definition) is 2. The van der Waals surface area contributed by atoms with E-state index in [-0.39, 0.29) is 5.92 Å². The van der Waals surface area contributed by atoms with Crippen LogP contribution in [0.25, 0.3) is 0 Å². The van der Waals surface area contributed by atoms with E-state index >= 15 is 0 Å². The zero-order chi connectivity index (χ0) is 11.8. The molecule has 1 unspecified atom stereocenters. The molecule has 2 heterocycles. The fourth-order valence-corrected chi connectivity index (χ4v) is 3.16. The Hall–Kier alpha value is -1.32. The van der Waals surface area contributed by atoms with Gasteiger partial charge in [0.25, 0.3) is 0 Å². The van der Waals surface area contributed by atoms with Crippen molar-refractivity contribution in [2.75, 3.05) is 0 Å². The Kier molecular flexibility index (Phi) is 2.65. The number of aryl methyl sites for hydroxylation is 1.